The molecule has 1 spiro atoms. The van der Waals surface area contributed by atoms with Crippen LogP contribution in [0.15, 0.2) is 60.7 Å². The summed E-state index contributed by atoms with van der Waals surface area (Å²) in [5, 5.41) is 12.6. The minimum atomic E-state index is -0.580. The topological polar surface area (TPSA) is 96.4 Å². The second-order valence-corrected chi connectivity index (χ2v) is 16.4. The number of carbonyl (C=O) groups is 3. The number of carbonyl (C=O) groups excluding carboxylic acids is 3. The number of nitrogens with zero attached hydrogens (tertiary/aromatic N) is 4. The van der Waals surface area contributed by atoms with Crippen LogP contribution in [0, 0.1) is 11.3 Å². The molecule has 3 saturated heterocycles. The second kappa shape index (κ2) is 13.6. The maximum absolute atomic E-state index is 13.1. The van der Waals surface area contributed by atoms with Crippen LogP contribution in [0.1, 0.15) is 96.3 Å². The van der Waals surface area contributed by atoms with Gasteiger partial charge in [-0.3, -0.25) is 24.6 Å². The monoisotopic (exact) mass is 701 g/mol. The summed E-state index contributed by atoms with van der Waals surface area (Å²) < 4.78 is 0. The first-order valence-electron chi connectivity index (χ1n) is 19.8. The predicted octanol–water partition coefficient (Wildman–Crippen LogP) is 5.83. The number of imide groups is 1. The molecule has 0 bridgehead atoms. The number of hydrogen-bond acceptors (Lipinski definition) is 7. The van der Waals surface area contributed by atoms with Crippen LogP contribution in [0.25, 0.3) is 0 Å². The van der Waals surface area contributed by atoms with Gasteiger partial charge in [0, 0.05) is 81.6 Å². The number of hydrogen-bond donors (Lipinski definition) is 2. The van der Waals surface area contributed by atoms with Gasteiger partial charge in [-0.05, 0) is 121 Å². The van der Waals surface area contributed by atoms with Gasteiger partial charge in [0.1, 0.15) is 11.8 Å². The molecule has 0 radical (unpaired) electrons. The van der Waals surface area contributed by atoms with E-state index in [9.17, 15) is 19.5 Å². The lowest BCUT2D eigenvalue weighted by Crippen LogP contribution is -2.52. The molecule has 4 heterocycles. The average molecular weight is 702 g/mol. The fraction of sp³-hybridized carbons (Fsp3) is 0.512. The zero-order chi connectivity index (χ0) is 35.4. The van der Waals surface area contributed by atoms with Crippen LogP contribution in [-0.2, 0) is 22.6 Å². The van der Waals surface area contributed by atoms with Crippen molar-refractivity contribution in [3.63, 3.8) is 0 Å². The third-order valence-electron chi connectivity index (χ3n) is 13.5. The number of phenols is 1. The lowest BCUT2D eigenvalue weighted by molar-refractivity contribution is -0.136. The number of benzene rings is 3. The summed E-state index contributed by atoms with van der Waals surface area (Å²) in [6, 6.07) is 21.1. The summed E-state index contributed by atoms with van der Waals surface area (Å²) in [6.45, 7) is 7.76. The van der Waals surface area contributed by atoms with Gasteiger partial charge in [0.15, 0.2) is 0 Å². The number of aryl methyl sites for hydroxylation is 1. The number of piperazine rings is 1. The molecule has 52 heavy (non-hydrogen) atoms. The number of nitrogens with one attached hydrogen (secondary N) is 1. The molecule has 3 amide bonds. The van der Waals surface area contributed by atoms with Gasteiger partial charge in [0.05, 0.1) is 0 Å². The fourth-order valence-corrected chi connectivity index (χ4v) is 10.7. The van der Waals surface area contributed by atoms with E-state index in [0.717, 1.165) is 63.5 Å². The van der Waals surface area contributed by atoms with Gasteiger partial charge >= 0.3 is 0 Å². The largest absolute Gasteiger partial charge is 0.508 e. The number of rotatable bonds is 6. The molecule has 1 saturated carbocycles. The molecule has 2 unspecified atom stereocenters. The molecule has 0 aromatic heterocycles. The SMILES string of the molecule is O=C1CCC(N2Cc3cc(N4CCN(CC5CCN(c6ccc(C7c8ccc(O)cc8CCC78CCCC8)cc6)CC5)CC4)ccc3C2=O)C(=O)N1. The standard InChI is InChI=1S/C43H51N5O4/c49-35-8-10-36-31(26-35)13-18-43(16-1-2-17-43)40(36)30-3-5-33(6-4-30)46-19-14-29(15-20-46)27-45-21-23-47(24-22-45)34-7-9-37-32(25-34)28-48(42(37)52)38-11-12-39(50)44-41(38)51/h3-10,25-26,29,38,40,49H,1-2,11-24,27-28H2,(H,44,50,51). The Labute approximate surface area is 307 Å². The molecule has 9 rings (SSSR count). The highest BCUT2D eigenvalue weighted by molar-refractivity contribution is 6.05. The van der Waals surface area contributed by atoms with E-state index in [2.05, 4.69) is 62.5 Å². The second-order valence-electron chi connectivity index (χ2n) is 16.4. The van der Waals surface area contributed by atoms with Crippen molar-refractivity contribution >= 4 is 29.1 Å². The van der Waals surface area contributed by atoms with E-state index in [-0.39, 0.29) is 24.1 Å². The number of piperidine rings is 2. The summed E-state index contributed by atoms with van der Waals surface area (Å²) in [5.74, 6) is 0.772. The molecular weight excluding hydrogens is 651 g/mol. The summed E-state index contributed by atoms with van der Waals surface area (Å²) in [6.07, 6.45) is 10.7. The third-order valence-corrected chi connectivity index (χ3v) is 13.5. The summed E-state index contributed by atoms with van der Waals surface area (Å²) >= 11 is 0. The highest BCUT2D eigenvalue weighted by Gasteiger charge is 2.46. The number of fused-ring (bicyclic) bond motifs is 2. The zero-order valence-corrected chi connectivity index (χ0v) is 30.2. The van der Waals surface area contributed by atoms with Crippen molar-refractivity contribution in [3.8, 4) is 5.75 Å². The van der Waals surface area contributed by atoms with Crippen LogP contribution in [-0.4, -0.2) is 84.5 Å². The van der Waals surface area contributed by atoms with E-state index in [1.807, 2.05) is 18.2 Å². The lowest BCUT2D eigenvalue weighted by atomic mass is 9.60. The molecular formula is C43H51N5O4. The normalized spacial score (nSPS) is 25.1. The van der Waals surface area contributed by atoms with E-state index in [1.165, 1.54) is 67.3 Å². The molecule has 2 N–H and O–H groups in total. The highest BCUT2D eigenvalue weighted by Crippen LogP contribution is 2.58. The maximum atomic E-state index is 13.1. The number of phenolic OH excluding ortho intramolecular Hbond substituents is 1. The van der Waals surface area contributed by atoms with Crippen molar-refractivity contribution in [2.24, 2.45) is 11.3 Å². The van der Waals surface area contributed by atoms with Crippen molar-refractivity contribution in [2.45, 2.75) is 82.7 Å². The van der Waals surface area contributed by atoms with Crippen LogP contribution >= 0.6 is 0 Å². The van der Waals surface area contributed by atoms with Gasteiger partial charge in [-0.2, -0.15) is 0 Å². The quantitative estimate of drug-likeness (QED) is 0.313. The lowest BCUT2D eigenvalue weighted by Gasteiger charge is -2.43. The van der Waals surface area contributed by atoms with Crippen molar-refractivity contribution in [2.75, 3.05) is 55.6 Å². The van der Waals surface area contributed by atoms with Crippen molar-refractivity contribution < 1.29 is 19.5 Å². The van der Waals surface area contributed by atoms with Gasteiger partial charge in [0.2, 0.25) is 11.8 Å². The molecule has 2 aliphatic carbocycles. The molecule has 6 aliphatic rings. The Morgan fingerprint density at radius 1 is 0.731 bits per heavy atom. The summed E-state index contributed by atoms with van der Waals surface area (Å²) in [7, 11) is 0. The number of anilines is 2. The van der Waals surface area contributed by atoms with Gasteiger partial charge in [-0.25, -0.2) is 0 Å². The van der Waals surface area contributed by atoms with Crippen molar-refractivity contribution in [1.29, 1.82) is 0 Å². The Hall–Kier alpha value is -4.37. The van der Waals surface area contributed by atoms with E-state index >= 15 is 0 Å². The first-order chi connectivity index (χ1) is 25.3. The van der Waals surface area contributed by atoms with Crippen LogP contribution < -0.4 is 15.1 Å². The van der Waals surface area contributed by atoms with Gasteiger partial charge in [-0.15, -0.1) is 0 Å². The average Bonchev–Trinajstić information content (AvgIpc) is 3.76. The van der Waals surface area contributed by atoms with E-state index < -0.39 is 6.04 Å². The molecule has 272 valence electrons. The predicted molar refractivity (Wildman–Crippen MR) is 202 cm³/mol. The van der Waals surface area contributed by atoms with Gasteiger partial charge < -0.3 is 19.8 Å². The van der Waals surface area contributed by atoms with Crippen molar-refractivity contribution in [1.82, 2.24) is 15.1 Å². The minimum absolute atomic E-state index is 0.116. The number of aromatic hydroxyl groups is 1. The molecule has 9 heteroatoms. The molecule has 9 nitrogen and oxygen atoms in total. The first-order valence-corrected chi connectivity index (χ1v) is 19.8. The van der Waals surface area contributed by atoms with E-state index in [4.69, 9.17) is 0 Å². The van der Waals surface area contributed by atoms with E-state index in [0.29, 0.717) is 41.5 Å². The van der Waals surface area contributed by atoms with E-state index in [1.54, 1.807) is 4.90 Å². The maximum Gasteiger partial charge on any atom is 0.255 e. The Kier molecular flexibility index (Phi) is 8.72. The first kappa shape index (κ1) is 33.5. The Balaban J connectivity index is 0.773. The number of amides is 3. The smallest absolute Gasteiger partial charge is 0.255 e. The van der Waals surface area contributed by atoms with Crippen LogP contribution in [0.4, 0.5) is 11.4 Å². The Morgan fingerprint density at radius 2 is 1.46 bits per heavy atom. The summed E-state index contributed by atoms with van der Waals surface area (Å²) in [4.78, 5) is 46.5. The van der Waals surface area contributed by atoms with Crippen LogP contribution in [0.5, 0.6) is 5.75 Å². The van der Waals surface area contributed by atoms with Gasteiger partial charge in [-0.1, -0.05) is 31.0 Å². The molecule has 3 aromatic carbocycles. The zero-order valence-electron chi connectivity index (χ0n) is 30.2. The molecule has 2 atom stereocenters. The minimum Gasteiger partial charge on any atom is -0.508 e. The molecule has 4 aliphatic heterocycles. The molecule has 3 aromatic rings. The molecule has 4 fully saturated rings. The third kappa shape index (κ3) is 6.14. The van der Waals surface area contributed by atoms with Crippen LogP contribution in [0.3, 0.4) is 0 Å². The highest BCUT2D eigenvalue weighted by atomic mass is 16.3. The van der Waals surface area contributed by atoms with Gasteiger partial charge in [0.25, 0.3) is 5.91 Å². The Bertz CT molecular complexity index is 1850. The van der Waals surface area contributed by atoms with Crippen molar-refractivity contribution in [3.05, 3.63) is 88.5 Å². The Morgan fingerprint density at radius 3 is 2.21 bits per heavy atom. The summed E-state index contributed by atoms with van der Waals surface area (Å²) in [5.41, 5.74) is 8.68. The fourth-order valence-electron chi connectivity index (χ4n) is 10.7. The van der Waals surface area contributed by atoms with Crippen LogP contribution in [0.2, 0.25) is 0 Å².